The highest BCUT2D eigenvalue weighted by molar-refractivity contribution is 6.34. The standard InChI is InChI=1S/C31H32Cl2N6O4/c1-31(18-43-29-23(32)6-4-10-34-29)9-5-11-39(31)26-13-25-21(12-24(26)33)28(40)22(30(41)42)17-38(25)19-7-8-27(35-14-19)37-15-20(16-37)36(2)3/h4,6-8,10,12-14,17,20H,5,9,11,15-16,18H2,1-3H3,(H,41,42)/t31-/m1/s1. The van der Waals surface area contributed by atoms with Gasteiger partial charge in [0.15, 0.2) is 0 Å². The molecular formula is C31H32Cl2N6O4. The quantitative estimate of drug-likeness (QED) is 0.291. The third kappa shape index (κ3) is 5.39. The summed E-state index contributed by atoms with van der Waals surface area (Å²) in [5, 5.41) is 10.9. The highest BCUT2D eigenvalue weighted by atomic mass is 35.5. The Morgan fingerprint density at radius 3 is 2.63 bits per heavy atom. The fourth-order valence-corrected chi connectivity index (χ4v) is 6.31. The van der Waals surface area contributed by atoms with Gasteiger partial charge in [-0.05, 0) is 70.3 Å². The fourth-order valence-electron chi connectivity index (χ4n) is 5.87. The van der Waals surface area contributed by atoms with Gasteiger partial charge in [0.2, 0.25) is 11.3 Å². The number of ether oxygens (including phenoxy) is 1. The SMILES string of the molecule is CN(C)C1CN(c2ccc(-n3cc(C(=O)O)c(=O)c4cc(Cl)c(N5CCC[C@]5(C)COc5ncccc5Cl)cc43)cn2)C1. The number of benzene rings is 1. The first kappa shape index (κ1) is 29.2. The topological polar surface area (TPSA) is 104 Å². The Kier molecular flexibility index (Phi) is 7.70. The number of hydrogen-bond acceptors (Lipinski definition) is 8. The van der Waals surface area contributed by atoms with E-state index in [-0.39, 0.29) is 10.9 Å². The molecule has 1 atom stereocenters. The Balaban J connectivity index is 1.39. The molecule has 0 unspecified atom stereocenters. The smallest absolute Gasteiger partial charge is 0.341 e. The predicted molar refractivity (Wildman–Crippen MR) is 169 cm³/mol. The van der Waals surface area contributed by atoms with Crippen molar-refractivity contribution in [2.24, 2.45) is 0 Å². The summed E-state index contributed by atoms with van der Waals surface area (Å²) >= 11 is 13.1. The Bertz CT molecular complexity index is 1760. The van der Waals surface area contributed by atoms with E-state index in [1.165, 1.54) is 6.20 Å². The molecule has 0 radical (unpaired) electrons. The van der Waals surface area contributed by atoms with Gasteiger partial charge in [-0.25, -0.2) is 14.8 Å². The molecule has 1 aromatic carbocycles. The van der Waals surface area contributed by atoms with Gasteiger partial charge in [-0.3, -0.25) is 4.79 Å². The zero-order chi connectivity index (χ0) is 30.5. The summed E-state index contributed by atoms with van der Waals surface area (Å²) in [7, 11) is 4.13. The van der Waals surface area contributed by atoms with Gasteiger partial charge in [-0.15, -0.1) is 0 Å². The first-order chi connectivity index (χ1) is 20.6. The van der Waals surface area contributed by atoms with Crippen molar-refractivity contribution in [1.82, 2.24) is 19.4 Å². The van der Waals surface area contributed by atoms with Crippen molar-refractivity contribution in [3.05, 3.63) is 80.8 Å². The van der Waals surface area contributed by atoms with Crippen LogP contribution in [0.5, 0.6) is 5.88 Å². The molecule has 2 saturated heterocycles. The van der Waals surface area contributed by atoms with Crippen molar-refractivity contribution in [2.75, 3.05) is 50.1 Å². The van der Waals surface area contributed by atoms with Gasteiger partial charge in [-0.2, -0.15) is 0 Å². The number of nitrogens with zero attached hydrogens (tertiary/aromatic N) is 6. The van der Waals surface area contributed by atoms with Crippen LogP contribution in [-0.2, 0) is 0 Å². The molecule has 1 N–H and O–H groups in total. The molecule has 3 aromatic heterocycles. The summed E-state index contributed by atoms with van der Waals surface area (Å²) in [4.78, 5) is 40.8. The molecule has 4 aromatic rings. The number of fused-ring (bicyclic) bond motifs is 1. The normalized spacial score (nSPS) is 18.8. The molecule has 224 valence electrons. The second-order valence-corrected chi connectivity index (χ2v) is 12.4. The Morgan fingerprint density at radius 1 is 1.16 bits per heavy atom. The van der Waals surface area contributed by atoms with Crippen LogP contribution in [0.15, 0.2) is 59.8 Å². The number of likely N-dealkylation sites (N-methyl/N-ethyl adjacent to an activating group) is 1. The third-order valence-electron chi connectivity index (χ3n) is 8.51. The number of rotatable bonds is 8. The number of aromatic carboxylic acids is 1. The van der Waals surface area contributed by atoms with Crippen LogP contribution in [0, 0.1) is 0 Å². The highest BCUT2D eigenvalue weighted by Gasteiger charge is 2.39. The summed E-state index contributed by atoms with van der Waals surface area (Å²) in [5.74, 6) is -0.100. The average molecular weight is 624 g/mol. The minimum absolute atomic E-state index is 0.215. The molecule has 0 aliphatic carbocycles. The van der Waals surface area contributed by atoms with Gasteiger partial charge in [0.05, 0.1) is 33.6 Å². The number of pyridine rings is 3. The van der Waals surface area contributed by atoms with Crippen LogP contribution in [-0.4, -0.2) is 82.4 Å². The minimum Gasteiger partial charge on any atom is -0.477 e. The number of aromatic nitrogens is 3. The summed E-state index contributed by atoms with van der Waals surface area (Å²) in [5.41, 5.74) is 0.513. The third-order valence-corrected chi connectivity index (χ3v) is 9.10. The van der Waals surface area contributed by atoms with E-state index >= 15 is 0 Å². The van der Waals surface area contributed by atoms with Crippen LogP contribution in [0.2, 0.25) is 10.0 Å². The van der Waals surface area contributed by atoms with E-state index in [0.717, 1.165) is 44.0 Å². The van der Waals surface area contributed by atoms with Crippen LogP contribution < -0.4 is 20.0 Å². The number of halogens is 2. The lowest BCUT2D eigenvalue weighted by molar-refractivity contribution is 0.0695. The molecule has 2 aliphatic heterocycles. The van der Waals surface area contributed by atoms with Gasteiger partial charge >= 0.3 is 5.97 Å². The van der Waals surface area contributed by atoms with Crippen LogP contribution in [0.1, 0.15) is 30.1 Å². The molecule has 5 heterocycles. The molecule has 2 aliphatic rings. The Hall–Kier alpha value is -3.86. The summed E-state index contributed by atoms with van der Waals surface area (Å²) in [6.45, 7) is 4.90. The zero-order valence-electron chi connectivity index (χ0n) is 24.1. The molecule has 12 heteroatoms. The predicted octanol–water partition coefficient (Wildman–Crippen LogP) is 4.97. The maximum Gasteiger partial charge on any atom is 0.341 e. The van der Waals surface area contributed by atoms with Gasteiger partial charge in [0, 0.05) is 43.5 Å². The maximum absolute atomic E-state index is 13.3. The van der Waals surface area contributed by atoms with E-state index in [9.17, 15) is 14.7 Å². The number of hydrogen-bond donors (Lipinski definition) is 1. The summed E-state index contributed by atoms with van der Waals surface area (Å²) < 4.78 is 7.76. The number of carboxylic acid groups (broad SMARTS) is 1. The fraction of sp³-hybridized carbons (Fsp3) is 0.355. The molecule has 0 amide bonds. The number of carboxylic acids is 1. The van der Waals surface area contributed by atoms with E-state index in [1.54, 1.807) is 35.2 Å². The second-order valence-electron chi connectivity index (χ2n) is 11.6. The largest absolute Gasteiger partial charge is 0.477 e. The maximum atomic E-state index is 13.3. The van der Waals surface area contributed by atoms with Crippen LogP contribution >= 0.6 is 23.2 Å². The first-order valence-corrected chi connectivity index (χ1v) is 14.8. The molecule has 0 spiro atoms. The lowest BCUT2D eigenvalue weighted by Gasteiger charge is -2.43. The first-order valence-electron chi connectivity index (χ1n) is 14.1. The Morgan fingerprint density at radius 2 is 1.95 bits per heavy atom. The van der Waals surface area contributed by atoms with Crippen LogP contribution in [0.4, 0.5) is 11.5 Å². The summed E-state index contributed by atoms with van der Waals surface area (Å²) in [6, 6.07) is 11.2. The van der Waals surface area contributed by atoms with Gasteiger partial charge in [-0.1, -0.05) is 23.2 Å². The van der Waals surface area contributed by atoms with E-state index in [1.807, 2.05) is 18.2 Å². The zero-order valence-corrected chi connectivity index (χ0v) is 25.6. The van der Waals surface area contributed by atoms with Crippen molar-refractivity contribution in [3.8, 4) is 11.6 Å². The van der Waals surface area contributed by atoms with Crippen molar-refractivity contribution < 1.29 is 14.6 Å². The van der Waals surface area contributed by atoms with Gasteiger partial charge in [0.1, 0.15) is 23.0 Å². The highest BCUT2D eigenvalue weighted by Crippen LogP contribution is 2.40. The molecule has 6 rings (SSSR count). The number of carbonyl (C=O) groups is 1. The van der Waals surface area contributed by atoms with Crippen LogP contribution in [0.3, 0.4) is 0 Å². The lowest BCUT2D eigenvalue weighted by Crippen LogP contribution is -2.57. The molecule has 2 fully saturated rings. The lowest BCUT2D eigenvalue weighted by atomic mass is 9.99. The van der Waals surface area contributed by atoms with Crippen LogP contribution in [0.25, 0.3) is 16.6 Å². The molecule has 43 heavy (non-hydrogen) atoms. The van der Waals surface area contributed by atoms with Crippen molar-refractivity contribution in [3.63, 3.8) is 0 Å². The van der Waals surface area contributed by atoms with E-state index in [0.29, 0.717) is 39.8 Å². The molecule has 0 bridgehead atoms. The van der Waals surface area contributed by atoms with Crippen molar-refractivity contribution in [1.29, 1.82) is 0 Å². The molecular weight excluding hydrogens is 591 g/mol. The summed E-state index contributed by atoms with van der Waals surface area (Å²) in [6.07, 6.45) is 6.44. The number of anilines is 2. The molecule has 10 nitrogen and oxygen atoms in total. The van der Waals surface area contributed by atoms with Crippen molar-refractivity contribution >= 4 is 51.6 Å². The van der Waals surface area contributed by atoms with Crippen molar-refractivity contribution in [2.45, 2.75) is 31.3 Å². The minimum atomic E-state index is -1.31. The monoisotopic (exact) mass is 622 g/mol. The molecule has 0 saturated carbocycles. The van der Waals surface area contributed by atoms with E-state index in [2.05, 4.69) is 45.7 Å². The van der Waals surface area contributed by atoms with Gasteiger partial charge in [0.25, 0.3) is 0 Å². The van der Waals surface area contributed by atoms with Gasteiger partial charge < -0.3 is 29.1 Å². The van der Waals surface area contributed by atoms with E-state index < -0.39 is 16.9 Å². The van der Waals surface area contributed by atoms with E-state index in [4.69, 9.17) is 27.9 Å². The average Bonchev–Trinajstić information content (AvgIpc) is 3.33. The second kappa shape index (κ2) is 11.3. The Labute approximate surface area is 259 Å².